The van der Waals surface area contributed by atoms with Gasteiger partial charge in [0.15, 0.2) is 5.13 Å². The summed E-state index contributed by atoms with van der Waals surface area (Å²) in [4.78, 5) is 19.2. The Hall–Kier alpha value is -1.86. The van der Waals surface area contributed by atoms with Crippen molar-refractivity contribution in [2.24, 2.45) is 0 Å². The topological polar surface area (TPSA) is 60.9 Å². The molecule has 1 unspecified atom stereocenters. The minimum atomic E-state index is 0.0787. The van der Waals surface area contributed by atoms with Gasteiger partial charge < -0.3 is 14.2 Å². The third-order valence-corrected chi connectivity index (χ3v) is 5.40. The fourth-order valence-corrected chi connectivity index (χ4v) is 4.12. The zero-order chi connectivity index (χ0) is 17.8. The van der Waals surface area contributed by atoms with Crippen molar-refractivity contribution in [3.05, 3.63) is 12.1 Å². The normalized spacial score (nSPS) is 17.0. The largest absolute Gasteiger partial charge is 0.495 e. The molecule has 1 aromatic carbocycles. The van der Waals surface area contributed by atoms with Crippen LogP contribution in [0.4, 0.5) is 5.13 Å². The van der Waals surface area contributed by atoms with Gasteiger partial charge in [-0.25, -0.2) is 4.98 Å². The van der Waals surface area contributed by atoms with Gasteiger partial charge in [-0.2, -0.15) is 0 Å². The van der Waals surface area contributed by atoms with Crippen molar-refractivity contribution in [1.29, 1.82) is 0 Å². The van der Waals surface area contributed by atoms with Crippen LogP contribution in [-0.4, -0.2) is 44.4 Å². The van der Waals surface area contributed by atoms with Gasteiger partial charge in [-0.15, -0.1) is 0 Å². The van der Waals surface area contributed by atoms with E-state index in [0.29, 0.717) is 23.8 Å². The number of thiazole rings is 1. The van der Waals surface area contributed by atoms with Crippen LogP contribution in [0.2, 0.25) is 0 Å². The lowest BCUT2D eigenvalue weighted by Crippen LogP contribution is -2.37. The Bertz CT molecular complexity index is 699. The van der Waals surface area contributed by atoms with E-state index in [1.807, 2.05) is 19.1 Å². The van der Waals surface area contributed by atoms with E-state index in [2.05, 4.69) is 0 Å². The number of methoxy groups -OCH3 is 2. The van der Waals surface area contributed by atoms with Crippen LogP contribution in [0.1, 0.15) is 32.6 Å². The first-order chi connectivity index (χ1) is 12.2. The zero-order valence-electron chi connectivity index (χ0n) is 14.9. The molecule has 1 amide bonds. The average molecular weight is 364 g/mol. The van der Waals surface area contributed by atoms with Crippen molar-refractivity contribution in [2.75, 3.05) is 32.3 Å². The molecule has 0 bridgehead atoms. The molecule has 7 heteroatoms. The lowest BCUT2D eigenvalue weighted by Gasteiger charge is -2.22. The summed E-state index contributed by atoms with van der Waals surface area (Å²) in [6.45, 7) is 3.32. The highest BCUT2D eigenvalue weighted by molar-refractivity contribution is 7.22. The molecule has 0 N–H and O–H groups in total. The highest BCUT2D eigenvalue weighted by atomic mass is 32.1. The van der Waals surface area contributed by atoms with Gasteiger partial charge in [0, 0.05) is 13.0 Å². The predicted molar refractivity (Wildman–Crippen MR) is 99.0 cm³/mol. The van der Waals surface area contributed by atoms with Gasteiger partial charge in [0.2, 0.25) is 5.91 Å². The van der Waals surface area contributed by atoms with E-state index in [1.54, 1.807) is 19.1 Å². The second-order valence-electron chi connectivity index (χ2n) is 6.03. The van der Waals surface area contributed by atoms with E-state index in [-0.39, 0.29) is 12.0 Å². The third kappa shape index (κ3) is 3.72. The van der Waals surface area contributed by atoms with Crippen LogP contribution in [0.3, 0.4) is 0 Å². The molecule has 1 fully saturated rings. The van der Waals surface area contributed by atoms with Gasteiger partial charge in [-0.05, 0) is 31.4 Å². The van der Waals surface area contributed by atoms with Crippen molar-refractivity contribution in [2.45, 2.75) is 38.7 Å². The number of aromatic nitrogens is 1. The van der Waals surface area contributed by atoms with E-state index in [1.165, 1.54) is 11.3 Å². The second kappa shape index (κ2) is 8.01. The monoisotopic (exact) mass is 364 g/mol. The number of amides is 1. The van der Waals surface area contributed by atoms with E-state index < -0.39 is 0 Å². The summed E-state index contributed by atoms with van der Waals surface area (Å²) in [7, 11) is 3.25. The van der Waals surface area contributed by atoms with E-state index in [0.717, 1.165) is 41.8 Å². The molecule has 1 aliphatic rings. The Labute approximate surface area is 151 Å². The van der Waals surface area contributed by atoms with E-state index in [4.69, 9.17) is 19.2 Å². The summed E-state index contributed by atoms with van der Waals surface area (Å²) in [6.07, 6.45) is 3.40. The molecule has 3 rings (SSSR count). The number of anilines is 1. The number of ether oxygens (including phenoxy) is 3. The average Bonchev–Trinajstić information content (AvgIpc) is 3.28. The van der Waals surface area contributed by atoms with Crippen molar-refractivity contribution in [1.82, 2.24) is 4.98 Å². The summed E-state index contributed by atoms with van der Waals surface area (Å²) in [5, 5.41) is 0.673. The summed E-state index contributed by atoms with van der Waals surface area (Å²) in [6, 6.07) is 3.70. The van der Waals surface area contributed by atoms with Crippen LogP contribution >= 0.6 is 11.3 Å². The van der Waals surface area contributed by atoms with Gasteiger partial charge >= 0.3 is 0 Å². The quantitative estimate of drug-likeness (QED) is 0.751. The van der Waals surface area contributed by atoms with Crippen molar-refractivity contribution in [3.63, 3.8) is 0 Å². The number of carbonyl (C=O) groups is 1. The molecule has 1 atom stereocenters. The van der Waals surface area contributed by atoms with Crippen molar-refractivity contribution >= 4 is 32.6 Å². The fourth-order valence-electron chi connectivity index (χ4n) is 3.02. The molecule has 2 aromatic rings. The minimum Gasteiger partial charge on any atom is -0.495 e. The molecule has 1 aromatic heterocycles. The second-order valence-corrected chi connectivity index (χ2v) is 7.01. The predicted octanol–water partition coefficient (Wildman–Crippen LogP) is 3.63. The van der Waals surface area contributed by atoms with Crippen LogP contribution in [0.25, 0.3) is 10.2 Å². The van der Waals surface area contributed by atoms with E-state index >= 15 is 0 Å². The lowest BCUT2D eigenvalue weighted by molar-refractivity contribution is -0.119. The summed E-state index contributed by atoms with van der Waals surface area (Å²) < 4.78 is 17.5. The first-order valence-electron chi connectivity index (χ1n) is 8.61. The number of hydrogen-bond acceptors (Lipinski definition) is 6. The van der Waals surface area contributed by atoms with Crippen molar-refractivity contribution in [3.8, 4) is 11.5 Å². The fraction of sp³-hybridized carbons (Fsp3) is 0.556. The Morgan fingerprint density at radius 2 is 2.12 bits per heavy atom. The number of rotatable bonds is 7. The molecule has 136 valence electrons. The van der Waals surface area contributed by atoms with Gasteiger partial charge in [-0.3, -0.25) is 9.69 Å². The van der Waals surface area contributed by atoms with Crippen LogP contribution in [0.5, 0.6) is 11.5 Å². The van der Waals surface area contributed by atoms with Crippen LogP contribution in [-0.2, 0) is 9.53 Å². The summed E-state index contributed by atoms with van der Waals surface area (Å²) in [5.41, 5.74) is 0.725. The first kappa shape index (κ1) is 17.9. The summed E-state index contributed by atoms with van der Waals surface area (Å²) >= 11 is 1.46. The maximum atomic E-state index is 12.7. The number of fused-ring (bicyclic) bond motifs is 1. The third-order valence-electron chi connectivity index (χ3n) is 4.30. The van der Waals surface area contributed by atoms with Gasteiger partial charge in [0.1, 0.15) is 21.7 Å². The Kier molecular flexibility index (Phi) is 5.75. The van der Waals surface area contributed by atoms with Crippen molar-refractivity contribution < 1.29 is 19.0 Å². The highest BCUT2D eigenvalue weighted by Crippen LogP contribution is 2.40. The van der Waals surface area contributed by atoms with Gasteiger partial charge in [-0.1, -0.05) is 18.3 Å². The number of benzene rings is 1. The maximum Gasteiger partial charge on any atom is 0.228 e. The Morgan fingerprint density at radius 3 is 2.76 bits per heavy atom. The number of hydrogen-bond donors (Lipinski definition) is 0. The highest BCUT2D eigenvalue weighted by Gasteiger charge is 2.26. The van der Waals surface area contributed by atoms with Crippen LogP contribution in [0.15, 0.2) is 12.1 Å². The zero-order valence-corrected chi connectivity index (χ0v) is 15.7. The van der Waals surface area contributed by atoms with Gasteiger partial charge in [0.05, 0.1) is 26.9 Å². The first-order valence-corrected chi connectivity index (χ1v) is 9.43. The molecule has 25 heavy (non-hydrogen) atoms. The molecule has 1 saturated heterocycles. The van der Waals surface area contributed by atoms with Crippen LogP contribution < -0.4 is 14.4 Å². The van der Waals surface area contributed by atoms with Gasteiger partial charge in [0.25, 0.3) is 0 Å². The molecule has 1 aliphatic heterocycles. The molecule has 0 radical (unpaired) electrons. The smallest absolute Gasteiger partial charge is 0.228 e. The van der Waals surface area contributed by atoms with E-state index in [9.17, 15) is 4.79 Å². The number of carbonyl (C=O) groups excluding carboxylic acids is 1. The molecular weight excluding hydrogens is 340 g/mol. The maximum absolute atomic E-state index is 12.7. The lowest BCUT2D eigenvalue weighted by atomic mass is 10.2. The minimum absolute atomic E-state index is 0.0787. The molecule has 6 nitrogen and oxygen atoms in total. The standard InChI is InChI=1S/C18H24N2O4S/c1-4-6-15(21)20(11-12-7-5-10-24-12)18-19-16-13(22-2)8-9-14(23-3)17(16)25-18/h8-9,12H,4-7,10-11H2,1-3H3. The van der Waals surface area contributed by atoms with Crippen LogP contribution in [0, 0.1) is 0 Å². The SMILES string of the molecule is CCCC(=O)N(CC1CCCO1)c1nc2c(OC)ccc(OC)c2s1. The molecule has 0 spiro atoms. The molecule has 2 heterocycles. The number of nitrogens with zero attached hydrogens (tertiary/aromatic N) is 2. The Morgan fingerprint density at radius 1 is 1.36 bits per heavy atom. The molecule has 0 saturated carbocycles. The molecular formula is C18H24N2O4S. The molecule has 0 aliphatic carbocycles. The summed E-state index contributed by atoms with van der Waals surface area (Å²) in [5.74, 6) is 1.49. The Balaban J connectivity index is 2.00.